The second kappa shape index (κ2) is 5.21. The largest absolute Gasteiger partial charge is 0.368 e. The summed E-state index contributed by atoms with van der Waals surface area (Å²) in [6, 6.07) is 0.964. The van der Waals surface area contributed by atoms with E-state index in [1.807, 2.05) is 0 Å². The zero-order chi connectivity index (χ0) is 13.0. The van der Waals surface area contributed by atoms with Crippen LogP contribution in [0.3, 0.4) is 0 Å². The highest BCUT2D eigenvalue weighted by Crippen LogP contribution is 2.18. The van der Waals surface area contributed by atoms with Gasteiger partial charge in [-0.1, -0.05) is 11.6 Å². The molecule has 0 aliphatic carbocycles. The molecule has 17 heavy (non-hydrogen) atoms. The average molecular weight is 259 g/mol. The van der Waals surface area contributed by atoms with Crippen molar-refractivity contribution < 1.29 is 14.5 Å². The Morgan fingerprint density at radius 1 is 1.59 bits per heavy atom. The molecule has 1 heterocycles. The van der Waals surface area contributed by atoms with Crippen molar-refractivity contribution in [1.29, 1.82) is 0 Å². The van der Waals surface area contributed by atoms with E-state index in [-0.39, 0.29) is 16.4 Å². The summed E-state index contributed by atoms with van der Waals surface area (Å²) < 4.78 is 0. The maximum atomic E-state index is 11.5. The van der Waals surface area contributed by atoms with Gasteiger partial charge in [-0.3, -0.25) is 19.7 Å². The van der Waals surface area contributed by atoms with Gasteiger partial charge in [0.1, 0.15) is 11.3 Å². The lowest BCUT2D eigenvalue weighted by Gasteiger charge is -2.03. The fourth-order valence-electron chi connectivity index (χ4n) is 0.959. The van der Waals surface area contributed by atoms with Gasteiger partial charge in [0.2, 0.25) is 5.91 Å². The van der Waals surface area contributed by atoms with E-state index in [0.717, 1.165) is 12.3 Å². The van der Waals surface area contributed by atoms with Crippen molar-refractivity contribution in [3.8, 4) is 0 Å². The second-order valence-electron chi connectivity index (χ2n) is 2.94. The van der Waals surface area contributed by atoms with Crippen LogP contribution in [-0.2, 0) is 4.79 Å². The van der Waals surface area contributed by atoms with Crippen LogP contribution >= 0.6 is 11.6 Å². The van der Waals surface area contributed by atoms with Gasteiger partial charge in [0, 0.05) is 6.07 Å². The monoisotopic (exact) mass is 258 g/mol. The zero-order valence-corrected chi connectivity index (χ0v) is 9.10. The maximum Gasteiger partial charge on any atom is 0.288 e. The van der Waals surface area contributed by atoms with E-state index in [9.17, 15) is 19.7 Å². The summed E-state index contributed by atoms with van der Waals surface area (Å²) in [6.07, 6.45) is 0.924. The number of primary amides is 1. The van der Waals surface area contributed by atoms with Gasteiger partial charge >= 0.3 is 0 Å². The fraction of sp³-hybridized carbons (Fsp3) is 0.125. The van der Waals surface area contributed by atoms with E-state index < -0.39 is 23.3 Å². The lowest BCUT2D eigenvalue weighted by atomic mass is 10.2. The van der Waals surface area contributed by atoms with Crippen molar-refractivity contribution in [3.05, 3.63) is 33.1 Å². The van der Waals surface area contributed by atoms with Crippen molar-refractivity contribution in [3.63, 3.8) is 0 Å². The second-order valence-corrected chi connectivity index (χ2v) is 3.30. The highest BCUT2D eigenvalue weighted by Gasteiger charge is 2.17. The minimum atomic E-state index is -0.759. The van der Waals surface area contributed by atoms with Crippen LogP contribution in [0.5, 0.6) is 0 Å². The van der Waals surface area contributed by atoms with Gasteiger partial charge in [0.15, 0.2) is 0 Å². The molecule has 0 spiro atoms. The summed E-state index contributed by atoms with van der Waals surface area (Å²) in [5.41, 5.74) is 4.26. The molecule has 0 saturated heterocycles. The average Bonchev–Trinajstić information content (AvgIpc) is 2.26. The number of carbonyl (C=O) groups excluding carboxylic acids is 2. The molecule has 1 aromatic rings. The Bertz CT molecular complexity index is 490. The van der Waals surface area contributed by atoms with Gasteiger partial charge < -0.3 is 11.1 Å². The Labute approximate surface area is 99.9 Å². The third kappa shape index (κ3) is 3.38. The molecule has 9 heteroatoms. The molecule has 0 saturated carbocycles. The number of carbonyl (C=O) groups is 2. The van der Waals surface area contributed by atoms with Crippen LogP contribution in [0.15, 0.2) is 12.3 Å². The molecule has 90 valence electrons. The van der Waals surface area contributed by atoms with Gasteiger partial charge in [-0.25, -0.2) is 4.98 Å². The summed E-state index contributed by atoms with van der Waals surface area (Å²) in [5.74, 6) is -1.50. The Balaban J connectivity index is 2.95. The maximum absolute atomic E-state index is 11.5. The molecule has 8 nitrogen and oxygen atoms in total. The van der Waals surface area contributed by atoms with Crippen LogP contribution in [0.1, 0.15) is 10.4 Å². The number of aromatic nitrogens is 1. The fourth-order valence-corrected chi connectivity index (χ4v) is 1.15. The van der Waals surface area contributed by atoms with Crippen LogP contribution in [0.2, 0.25) is 5.15 Å². The normalized spacial score (nSPS) is 9.71. The van der Waals surface area contributed by atoms with Crippen LogP contribution in [-0.4, -0.2) is 28.3 Å². The SMILES string of the molecule is NC(=O)CNC(=O)c1cc([N+](=O)[O-])cnc1Cl. The number of halogens is 1. The quantitative estimate of drug-likeness (QED) is 0.441. The molecule has 0 radical (unpaired) electrons. The van der Waals surface area contributed by atoms with E-state index in [4.69, 9.17) is 17.3 Å². The highest BCUT2D eigenvalue weighted by atomic mass is 35.5. The number of nitrogens with two attached hydrogens (primary N) is 1. The Morgan fingerprint density at radius 2 is 2.24 bits per heavy atom. The van der Waals surface area contributed by atoms with Gasteiger partial charge in [0.25, 0.3) is 11.6 Å². The van der Waals surface area contributed by atoms with E-state index in [1.54, 1.807) is 0 Å². The highest BCUT2D eigenvalue weighted by molar-refractivity contribution is 6.32. The standard InChI is InChI=1S/C8H7ClN4O4/c9-7-5(8(15)12-3-6(10)14)1-4(2-11-7)13(16)17/h1-2H,3H2,(H2,10,14)(H,12,15). The predicted octanol–water partition coefficient (Wildman–Crippen LogP) is -0.142. The Hall–Kier alpha value is -2.22. The van der Waals surface area contributed by atoms with E-state index in [1.165, 1.54) is 0 Å². The number of hydrogen-bond donors (Lipinski definition) is 2. The van der Waals surface area contributed by atoms with Crippen molar-refractivity contribution in [2.45, 2.75) is 0 Å². The van der Waals surface area contributed by atoms with E-state index in [2.05, 4.69) is 10.3 Å². The van der Waals surface area contributed by atoms with E-state index in [0.29, 0.717) is 0 Å². The molecule has 0 aromatic carbocycles. The molecule has 0 aliphatic rings. The third-order valence-corrected chi connectivity index (χ3v) is 2.00. The van der Waals surface area contributed by atoms with E-state index >= 15 is 0 Å². The number of hydrogen-bond acceptors (Lipinski definition) is 5. The molecule has 1 rings (SSSR count). The molecule has 0 bridgehead atoms. The van der Waals surface area contributed by atoms with Crippen LogP contribution in [0, 0.1) is 10.1 Å². The summed E-state index contributed by atoms with van der Waals surface area (Å²) in [4.78, 5) is 35.2. The first kappa shape index (κ1) is 12.8. The third-order valence-electron chi connectivity index (χ3n) is 1.70. The number of rotatable bonds is 4. The first-order valence-electron chi connectivity index (χ1n) is 4.28. The van der Waals surface area contributed by atoms with Gasteiger partial charge in [-0.05, 0) is 0 Å². The molecule has 2 amide bonds. The van der Waals surface area contributed by atoms with Crippen molar-refractivity contribution >= 4 is 29.1 Å². The number of amides is 2. The summed E-state index contributed by atoms with van der Waals surface area (Å²) in [5, 5.41) is 12.4. The van der Waals surface area contributed by atoms with Gasteiger partial charge in [-0.2, -0.15) is 0 Å². The molecular formula is C8H7ClN4O4. The number of nitrogens with one attached hydrogen (secondary N) is 1. The molecule has 0 atom stereocenters. The molecule has 3 N–H and O–H groups in total. The molecule has 0 unspecified atom stereocenters. The Morgan fingerprint density at radius 3 is 2.76 bits per heavy atom. The van der Waals surface area contributed by atoms with Crippen molar-refractivity contribution in [1.82, 2.24) is 10.3 Å². The molecule has 1 aromatic heterocycles. The Kier molecular flexibility index (Phi) is 3.94. The van der Waals surface area contributed by atoms with Crippen LogP contribution in [0.25, 0.3) is 0 Å². The molecule has 0 fully saturated rings. The minimum Gasteiger partial charge on any atom is -0.368 e. The smallest absolute Gasteiger partial charge is 0.288 e. The van der Waals surface area contributed by atoms with Crippen molar-refractivity contribution in [2.24, 2.45) is 5.73 Å². The molecule has 0 aliphatic heterocycles. The minimum absolute atomic E-state index is 0.192. The zero-order valence-electron chi connectivity index (χ0n) is 8.34. The first-order valence-corrected chi connectivity index (χ1v) is 4.66. The van der Waals surface area contributed by atoms with Gasteiger partial charge in [0.05, 0.1) is 17.0 Å². The number of pyridine rings is 1. The summed E-state index contributed by atoms with van der Waals surface area (Å²) >= 11 is 5.60. The predicted molar refractivity (Wildman–Crippen MR) is 57.4 cm³/mol. The van der Waals surface area contributed by atoms with Crippen molar-refractivity contribution in [2.75, 3.05) is 6.54 Å². The molecular weight excluding hydrogens is 252 g/mol. The summed E-state index contributed by atoms with van der Waals surface area (Å²) in [6.45, 7) is -0.391. The first-order chi connectivity index (χ1) is 7.91. The topological polar surface area (TPSA) is 128 Å². The number of nitrogens with zero attached hydrogens (tertiary/aromatic N) is 2. The van der Waals surface area contributed by atoms with Gasteiger partial charge in [-0.15, -0.1) is 0 Å². The summed E-state index contributed by atoms with van der Waals surface area (Å²) in [7, 11) is 0. The lowest BCUT2D eigenvalue weighted by molar-refractivity contribution is -0.385. The lowest BCUT2D eigenvalue weighted by Crippen LogP contribution is -2.33. The number of nitro groups is 1. The van der Waals surface area contributed by atoms with Crippen LogP contribution in [0.4, 0.5) is 5.69 Å². The van der Waals surface area contributed by atoms with Crippen LogP contribution < -0.4 is 11.1 Å².